The lowest BCUT2D eigenvalue weighted by molar-refractivity contribution is 1.05. The number of rotatable bonds is 3. The van der Waals surface area contributed by atoms with E-state index in [1.165, 1.54) is 0 Å². The molecule has 0 aliphatic heterocycles. The Bertz CT molecular complexity index is 402. The topological polar surface area (TPSA) is 41.6 Å². The number of nitrogens with one attached hydrogen (secondary N) is 1. The number of aromatic amines is 1. The third kappa shape index (κ3) is 2.49. The van der Waals surface area contributed by atoms with Gasteiger partial charge in [-0.05, 0) is 12.1 Å². The van der Waals surface area contributed by atoms with E-state index in [1.807, 2.05) is 12.1 Å². The first-order valence-electron chi connectivity index (χ1n) is 4.08. The van der Waals surface area contributed by atoms with Crippen molar-refractivity contribution in [3.8, 4) is 0 Å². The zero-order valence-electron chi connectivity index (χ0n) is 7.27. The van der Waals surface area contributed by atoms with E-state index >= 15 is 0 Å². The van der Waals surface area contributed by atoms with E-state index in [0.29, 0.717) is 5.15 Å². The van der Waals surface area contributed by atoms with Crippen molar-refractivity contribution in [3.05, 3.63) is 41.4 Å². The Morgan fingerprint density at radius 1 is 1.43 bits per heavy atom. The van der Waals surface area contributed by atoms with Gasteiger partial charge >= 0.3 is 0 Å². The fourth-order valence-corrected chi connectivity index (χ4v) is 1.92. The minimum absolute atomic E-state index is 0.530. The fraction of sp³-hybridized carbons (Fsp3) is 0.111. The maximum Gasteiger partial charge on any atom is 0.165 e. The van der Waals surface area contributed by atoms with Crippen LogP contribution in [0, 0.1) is 0 Å². The van der Waals surface area contributed by atoms with Gasteiger partial charge in [-0.15, -0.1) is 0 Å². The number of hydrogen-bond acceptors (Lipinski definition) is 3. The van der Waals surface area contributed by atoms with Crippen molar-refractivity contribution in [2.45, 2.75) is 10.9 Å². The van der Waals surface area contributed by atoms with Crippen molar-refractivity contribution in [2.75, 3.05) is 0 Å². The molecular weight excluding hydrogens is 218 g/mol. The minimum atomic E-state index is 0.530. The van der Waals surface area contributed by atoms with Crippen molar-refractivity contribution in [1.29, 1.82) is 0 Å². The molecule has 0 bridgehead atoms. The molecule has 2 rings (SSSR count). The predicted molar refractivity (Wildman–Crippen MR) is 57.4 cm³/mol. The molecule has 72 valence electrons. The van der Waals surface area contributed by atoms with Gasteiger partial charge < -0.3 is 4.98 Å². The highest BCUT2D eigenvalue weighted by molar-refractivity contribution is 7.98. The Morgan fingerprint density at radius 2 is 2.36 bits per heavy atom. The second-order valence-electron chi connectivity index (χ2n) is 2.63. The van der Waals surface area contributed by atoms with Gasteiger partial charge in [0.25, 0.3) is 0 Å². The van der Waals surface area contributed by atoms with Gasteiger partial charge in [-0.1, -0.05) is 29.4 Å². The highest BCUT2D eigenvalue weighted by atomic mass is 35.5. The highest BCUT2D eigenvalue weighted by Crippen LogP contribution is 2.18. The largest absolute Gasteiger partial charge is 0.340 e. The van der Waals surface area contributed by atoms with E-state index in [2.05, 4.69) is 15.0 Å². The number of imidazole rings is 1. The predicted octanol–water partition coefficient (Wildman–Crippen LogP) is 2.75. The molecule has 1 N–H and O–H groups in total. The molecule has 0 aromatic carbocycles. The molecular formula is C9H8ClN3S. The first kappa shape index (κ1) is 9.55. The second kappa shape index (κ2) is 4.48. The Balaban J connectivity index is 1.98. The van der Waals surface area contributed by atoms with Crippen molar-refractivity contribution in [1.82, 2.24) is 15.0 Å². The molecule has 0 radical (unpaired) electrons. The highest BCUT2D eigenvalue weighted by Gasteiger charge is 1.99. The molecule has 5 heteroatoms. The standard InChI is InChI=1S/C9H8ClN3S/c10-8-3-1-2-7(13-8)6-14-9-11-4-5-12-9/h1-5H,6H2,(H,11,12). The van der Waals surface area contributed by atoms with Crippen LogP contribution in [0.3, 0.4) is 0 Å². The molecule has 2 aromatic heterocycles. The maximum atomic E-state index is 5.76. The Labute approximate surface area is 90.9 Å². The van der Waals surface area contributed by atoms with Gasteiger partial charge in [0, 0.05) is 18.1 Å². The fourth-order valence-electron chi connectivity index (χ4n) is 1.00. The normalized spacial score (nSPS) is 10.4. The van der Waals surface area contributed by atoms with Crippen molar-refractivity contribution in [2.24, 2.45) is 0 Å². The molecule has 3 nitrogen and oxygen atoms in total. The van der Waals surface area contributed by atoms with Crippen LogP contribution in [0.4, 0.5) is 0 Å². The van der Waals surface area contributed by atoms with Gasteiger partial charge in [-0.2, -0.15) is 0 Å². The van der Waals surface area contributed by atoms with Crippen LogP contribution in [-0.2, 0) is 5.75 Å². The molecule has 2 heterocycles. The average molecular weight is 226 g/mol. The summed E-state index contributed by atoms with van der Waals surface area (Å²) >= 11 is 7.36. The molecule has 0 saturated carbocycles. The molecule has 0 amide bonds. The summed E-state index contributed by atoms with van der Waals surface area (Å²) in [5.41, 5.74) is 0.957. The van der Waals surface area contributed by atoms with E-state index in [1.54, 1.807) is 30.2 Å². The van der Waals surface area contributed by atoms with Gasteiger partial charge in [0.2, 0.25) is 0 Å². The Hall–Kier alpha value is -1.00. The van der Waals surface area contributed by atoms with Gasteiger partial charge in [-0.25, -0.2) is 9.97 Å². The van der Waals surface area contributed by atoms with Crippen molar-refractivity contribution >= 4 is 23.4 Å². The number of halogens is 1. The van der Waals surface area contributed by atoms with E-state index < -0.39 is 0 Å². The maximum absolute atomic E-state index is 5.76. The molecule has 2 aromatic rings. The number of hydrogen-bond donors (Lipinski definition) is 1. The van der Waals surface area contributed by atoms with Crippen LogP contribution in [0.1, 0.15) is 5.69 Å². The number of pyridine rings is 1. The first-order chi connectivity index (χ1) is 6.84. The van der Waals surface area contributed by atoms with Crippen molar-refractivity contribution in [3.63, 3.8) is 0 Å². The molecule has 0 aliphatic carbocycles. The first-order valence-corrected chi connectivity index (χ1v) is 5.44. The summed E-state index contributed by atoms with van der Waals surface area (Å²) < 4.78 is 0. The molecule has 0 saturated heterocycles. The van der Waals surface area contributed by atoms with E-state index in [9.17, 15) is 0 Å². The molecule has 0 aliphatic rings. The monoisotopic (exact) mass is 225 g/mol. The van der Waals surface area contributed by atoms with E-state index in [4.69, 9.17) is 11.6 Å². The van der Waals surface area contributed by atoms with Gasteiger partial charge in [0.05, 0.1) is 5.69 Å². The molecule has 0 spiro atoms. The van der Waals surface area contributed by atoms with Crippen LogP contribution in [0.25, 0.3) is 0 Å². The van der Waals surface area contributed by atoms with Gasteiger partial charge in [0.15, 0.2) is 5.16 Å². The lowest BCUT2D eigenvalue weighted by Crippen LogP contribution is -1.86. The van der Waals surface area contributed by atoms with Crippen LogP contribution in [-0.4, -0.2) is 15.0 Å². The van der Waals surface area contributed by atoms with Crippen LogP contribution >= 0.6 is 23.4 Å². The zero-order chi connectivity index (χ0) is 9.80. The number of H-pyrrole nitrogens is 1. The summed E-state index contributed by atoms with van der Waals surface area (Å²) in [5, 5.41) is 1.43. The summed E-state index contributed by atoms with van der Waals surface area (Å²) in [7, 11) is 0. The molecule has 0 atom stereocenters. The number of nitrogens with zero attached hydrogens (tertiary/aromatic N) is 2. The van der Waals surface area contributed by atoms with Gasteiger partial charge in [-0.3, -0.25) is 0 Å². The summed E-state index contributed by atoms with van der Waals surface area (Å²) in [4.78, 5) is 11.3. The average Bonchev–Trinajstić information content (AvgIpc) is 2.67. The van der Waals surface area contributed by atoms with Gasteiger partial charge in [0.1, 0.15) is 5.15 Å². The molecule has 14 heavy (non-hydrogen) atoms. The minimum Gasteiger partial charge on any atom is -0.340 e. The van der Waals surface area contributed by atoms with E-state index in [-0.39, 0.29) is 0 Å². The second-order valence-corrected chi connectivity index (χ2v) is 3.99. The van der Waals surface area contributed by atoms with E-state index in [0.717, 1.165) is 16.6 Å². The zero-order valence-corrected chi connectivity index (χ0v) is 8.85. The third-order valence-electron chi connectivity index (χ3n) is 1.60. The quantitative estimate of drug-likeness (QED) is 0.645. The SMILES string of the molecule is Clc1cccc(CSc2ncc[nH]2)n1. The Morgan fingerprint density at radius 3 is 3.07 bits per heavy atom. The number of aromatic nitrogens is 3. The lowest BCUT2D eigenvalue weighted by atomic mass is 10.4. The summed E-state index contributed by atoms with van der Waals surface area (Å²) in [6.07, 6.45) is 3.53. The lowest BCUT2D eigenvalue weighted by Gasteiger charge is -1.98. The van der Waals surface area contributed by atoms with Crippen LogP contribution in [0.5, 0.6) is 0 Å². The number of thioether (sulfide) groups is 1. The van der Waals surface area contributed by atoms with Crippen LogP contribution < -0.4 is 0 Å². The smallest absolute Gasteiger partial charge is 0.165 e. The third-order valence-corrected chi connectivity index (χ3v) is 2.75. The molecule has 0 unspecified atom stereocenters. The van der Waals surface area contributed by atoms with Crippen LogP contribution in [0.2, 0.25) is 5.15 Å². The Kier molecular flexibility index (Phi) is 3.06. The summed E-state index contributed by atoms with van der Waals surface area (Å²) in [6, 6.07) is 5.61. The summed E-state index contributed by atoms with van der Waals surface area (Å²) in [6.45, 7) is 0. The molecule has 0 fully saturated rings. The van der Waals surface area contributed by atoms with Crippen molar-refractivity contribution < 1.29 is 0 Å². The van der Waals surface area contributed by atoms with Crippen LogP contribution in [0.15, 0.2) is 35.7 Å². The summed E-state index contributed by atoms with van der Waals surface area (Å²) in [5.74, 6) is 0.772.